The summed E-state index contributed by atoms with van der Waals surface area (Å²) >= 11 is 1.42. The summed E-state index contributed by atoms with van der Waals surface area (Å²) in [6, 6.07) is 13.9. The van der Waals surface area contributed by atoms with Crippen molar-refractivity contribution < 1.29 is 9.90 Å². The lowest BCUT2D eigenvalue weighted by atomic mass is 10.0. The van der Waals surface area contributed by atoms with Gasteiger partial charge in [0.15, 0.2) is 5.16 Å². The summed E-state index contributed by atoms with van der Waals surface area (Å²) in [6.07, 6.45) is 0.277. The zero-order valence-electron chi connectivity index (χ0n) is 13.3. The molecular weight excluding hydrogens is 338 g/mol. The van der Waals surface area contributed by atoms with Gasteiger partial charge in [-0.1, -0.05) is 48.2 Å². The molecule has 128 valence electrons. The summed E-state index contributed by atoms with van der Waals surface area (Å²) in [5, 5.41) is 10.0. The fourth-order valence-corrected chi connectivity index (χ4v) is 3.28. The van der Waals surface area contributed by atoms with Gasteiger partial charge in [0.25, 0.3) is 5.56 Å². The van der Waals surface area contributed by atoms with Crippen LogP contribution in [0.5, 0.6) is 0 Å². The normalized spacial score (nSPS) is 12.2. The van der Waals surface area contributed by atoms with Crippen molar-refractivity contribution in [2.75, 3.05) is 0 Å². The minimum atomic E-state index is -1.02. The molecule has 0 radical (unpaired) electrons. The van der Waals surface area contributed by atoms with Gasteiger partial charge in [0.05, 0.1) is 10.9 Å². The number of rotatable bonds is 6. The first-order chi connectivity index (χ1) is 12.0. The van der Waals surface area contributed by atoms with Gasteiger partial charge in [-0.3, -0.25) is 9.59 Å². The molecule has 1 heterocycles. The standard InChI is InChI=1S/C18H17N3O3S/c19-14(17(23)24)9-11-4-3-5-12(8-11)10-25-18-20-15-7-2-1-6-13(15)16(22)21-18/h1-8,14H,9-10,19H2,(H,23,24)(H,20,21,22). The predicted octanol–water partition coefficient (Wildman–Crippen LogP) is 2.17. The quantitative estimate of drug-likeness (QED) is 0.462. The molecule has 0 aliphatic carbocycles. The van der Waals surface area contributed by atoms with Crippen molar-refractivity contribution in [3.05, 3.63) is 70.0 Å². The van der Waals surface area contributed by atoms with Gasteiger partial charge in [0.2, 0.25) is 0 Å². The van der Waals surface area contributed by atoms with Crippen LogP contribution in [0.15, 0.2) is 58.5 Å². The summed E-state index contributed by atoms with van der Waals surface area (Å²) in [5.74, 6) is -0.407. The van der Waals surface area contributed by atoms with E-state index in [0.717, 1.165) is 11.1 Å². The number of H-pyrrole nitrogens is 1. The molecule has 0 fully saturated rings. The fraction of sp³-hybridized carbons (Fsp3) is 0.167. The molecule has 0 aliphatic heterocycles. The van der Waals surface area contributed by atoms with Gasteiger partial charge < -0.3 is 15.8 Å². The Balaban J connectivity index is 1.73. The minimum Gasteiger partial charge on any atom is -0.480 e. The van der Waals surface area contributed by atoms with Gasteiger partial charge in [-0.25, -0.2) is 4.98 Å². The molecule has 1 unspecified atom stereocenters. The molecule has 3 aromatic rings. The number of nitrogens with one attached hydrogen (secondary N) is 1. The highest BCUT2D eigenvalue weighted by Gasteiger charge is 2.12. The maximum absolute atomic E-state index is 12.1. The lowest BCUT2D eigenvalue weighted by Gasteiger charge is -2.08. The molecule has 0 amide bonds. The number of nitrogens with two attached hydrogens (primary N) is 1. The van der Waals surface area contributed by atoms with Gasteiger partial charge in [-0.05, 0) is 29.7 Å². The van der Waals surface area contributed by atoms with Gasteiger partial charge in [0, 0.05) is 5.75 Å². The number of hydrogen-bond donors (Lipinski definition) is 3. The smallest absolute Gasteiger partial charge is 0.320 e. The van der Waals surface area contributed by atoms with Crippen LogP contribution in [0.25, 0.3) is 10.9 Å². The third kappa shape index (κ3) is 4.26. The number of carboxylic acid groups (broad SMARTS) is 1. The SMILES string of the molecule is NC(Cc1cccc(CSc2nc3ccccc3c(=O)[nH]2)c1)C(=O)O. The number of carboxylic acids is 1. The Morgan fingerprint density at radius 2 is 1.96 bits per heavy atom. The predicted molar refractivity (Wildman–Crippen MR) is 97.7 cm³/mol. The van der Waals surface area contributed by atoms with E-state index in [1.807, 2.05) is 36.4 Å². The van der Waals surface area contributed by atoms with Crippen molar-refractivity contribution in [2.45, 2.75) is 23.4 Å². The summed E-state index contributed by atoms with van der Waals surface area (Å²) < 4.78 is 0. The molecule has 1 aromatic heterocycles. The number of aliphatic carboxylic acids is 1. The average molecular weight is 355 g/mol. The number of nitrogens with zero attached hydrogens (tertiary/aromatic N) is 1. The summed E-state index contributed by atoms with van der Waals surface area (Å²) in [5.41, 5.74) is 7.96. The number of aromatic amines is 1. The Bertz CT molecular complexity index is 971. The second-order valence-corrected chi connectivity index (χ2v) is 6.61. The Hall–Kier alpha value is -2.64. The number of para-hydroxylation sites is 1. The van der Waals surface area contributed by atoms with Crippen molar-refractivity contribution >= 4 is 28.6 Å². The summed E-state index contributed by atoms with van der Waals surface area (Å²) in [4.78, 5) is 30.2. The van der Waals surface area contributed by atoms with Crippen molar-refractivity contribution in [3.8, 4) is 0 Å². The van der Waals surface area contributed by atoms with E-state index in [2.05, 4.69) is 9.97 Å². The monoisotopic (exact) mass is 355 g/mol. The van der Waals surface area contributed by atoms with Crippen molar-refractivity contribution in [1.82, 2.24) is 9.97 Å². The first-order valence-electron chi connectivity index (χ1n) is 7.71. The Kier molecular flexibility index (Phi) is 5.16. The number of carbonyl (C=O) groups is 1. The van der Waals surface area contributed by atoms with Gasteiger partial charge in [0.1, 0.15) is 6.04 Å². The number of fused-ring (bicyclic) bond motifs is 1. The summed E-state index contributed by atoms with van der Waals surface area (Å²) in [6.45, 7) is 0. The Morgan fingerprint density at radius 3 is 2.76 bits per heavy atom. The van der Waals surface area contributed by atoms with E-state index in [9.17, 15) is 9.59 Å². The number of hydrogen-bond acceptors (Lipinski definition) is 5. The minimum absolute atomic E-state index is 0.158. The third-order valence-electron chi connectivity index (χ3n) is 3.73. The van der Waals surface area contributed by atoms with E-state index in [1.54, 1.807) is 12.1 Å². The van der Waals surface area contributed by atoms with Crippen LogP contribution in [0.2, 0.25) is 0 Å². The lowest BCUT2D eigenvalue weighted by Crippen LogP contribution is -2.32. The van der Waals surface area contributed by atoms with Crippen LogP contribution >= 0.6 is 11.8 Å². The highest BCUT2D eigenvalue weighted by Crippen LogP contribution is 2.20. The molecule has 7 heteroatoms. The van der Waals surface area contributed by atoms with Crippen LogP contribution in [0.4, 0.5) is 0 Å². The molecule has 0 saturated carbocycles. The molecule has 3 rings (SSSR count). The van der Waals surface area contributed by atoms with Gasteiger partial charge in [-0.2, -0.15) is 0 Å². The zero-order chi connectivity index (χ0) is 17.8. The number of aromatic nitrogens is 2. The first-order valence-corrected chi connectivity index (χ1v) is 8.69. The van der Waals surface area contributed by atoms with Crippen LogP contribution in [0.1, 0.15) is 11.1 Å². The molecule has 2 aromatic carbocycles. The Morgan fingerprint density at radius 1 is 1.20 bits per heavy atom. The maximum Gasteiger partial charge on any atom is 0.320 e. The fourth-order valence-electron chi connectivity index (χ4n) is 2.47. The van der Waals surface area contributed by atoms with E-state index in [1.165, 1.54) is 11.8 Å². The number of benzene rings is 2. The lowest BCUT2D eigenvalue weighted by molar-refractivity contribution is -0.138. The highest BCUT2D eigenvalue weighted by molar-refractivity contribution is 7.98. The highest BCUT2D eigenvalue weighted by atomic mass is 32.2. The molecule has 4 N–H and O–H groups in total. The maximum atomic E-state index is 12.1. The van der Waals surface area contributed by atoms with Gasteiger partial charge in [-0.15, -0.1) is 0 Å². The van der Waals surface area contributed by atoms with E-state index in [0.29, 0.717) is 21.8 Å². The molecule has 6 nitrogen and oxygen atoms in total. The molecule has 0 spiro atoms. The largest absolute Gasteiger partial charge is 0.480 e. The van der Waals surface area contributed by atoms with Crippen LogP contribution in [-0.2, 0) is 17.0 Å². The van der Waals surface area contributed by atoms with Crippen LogP contribution < -0.4 is 11.3 Å². The Labute approximate surface area is 148 Å². The zero-order valence-corrected chi connectivity index (χ0v) is 14.1. The second kappa shape index (κ2) is 7.50. The third-order valence-corrected chi connectivity index (χ3v) is 4.68. The van der Waals surface area contributed by atoms with Gasteiger partial charge >= 0.3 is 5.97 Å². The van der Waals surface area contributed by atoms with E-state index in [4.69, 9.17) is 10.8 Å². The van der Waals surface area contributed by atoms with E-state index >= 15 is 0 Å². The second-order valence-electron chi connectivity index (χ2n) is 5.65. The van der Waals surface area contributed by atoms with Crippen LogP contribution in [-0.4, -0.2) is 27.1 Å². The molecule has 0 saturated heterocycles. The molecule has 25 heavy (non-hydrogen) atoms. The van der Waals surface area contributed by atoms with Crippen LogP contribution in [0, 0.1) is 0 Å². The average Bonchev–Trinajstić information content (AvgIpc) is 2.60. The first kappa shape index (κ1) is 17.2. The van der Waals surface area contributed by atoms with Crippen LogP contribution in [0.3, 0.4) is 0 Å². The van der Waals surface area contributed by atoms with Crippen molar-refractivity contribution in [2.24, 2.45) is 5.73 Å². The molecule has 0 bridgehead atoms. The molecule has 1 atom stereocenters. The van der Waals surface area contributed by atoms with Crippen molar-refractivity contribution in [3.63, 3.8) is 0 Å². The summed E-state index contributed by atoms with van der Waals surface area (Å²) in [7, 11) is 0. The number of thioether (sulfide) groups is 1. The van der Waals surface area contributed by atoms with E-state index in [-0.39, 0.29) is 12.0 Å². The topological polar surface area (TPSA) is 109 Å². The van der Waals surface area contributed by atoms with Crippen molar-refractivity contribution in [1.29, 1.82) is 0 Å². The van der Waals surface area contributed by atoms with E-state index < -0.39 is 12.0 Å². The molecule has 0 aliphatic rings. The molecular formula is C18H17N3O3S.